The summed E-state index contributed by atoms with van der Waals surface area (Å²) in [4.78, 5) is 14.6. The number of benzene rings is 2. The van der Waals surface area contributed by atoms with E-state index in [1.165, 1.54) is 12.0 Å². The highest BCUT2D eigenvalue weighted by atomic mass is 16.6. The van der Waals surface area contributed by atoms with E-state index in [0.717, 1.165) is 12.0 Å². The van der Waals surface area contributed by atoms with Gasteiger partial charge in [-0.3, -0.25) is 0 Å². The first-order chi connectivity index (χ1) is 18.9. The summed E-state index contributed by atoms with van der Waals surface area (Å²) in [6, 6.07) is 20.9. The van der Waals surface area contributed by atoms with Crippen LogP contribution < -0.4 is 15.2 Å². The summed E-state index contributed by atoms with van der Waals surface area (Å²) in [7, 11) is 1.53. The van der Waals surface area contributed by atoms with Gasteiger partial charge in [-0.15, -0.1) is 0 Å². The van der Waals surface area contributed by atoms with Crippen molar-refractivity contribution in [3.63, 3.8) is 0 Å². The van der Waals surface area contributed by atoms with Gasteiger partial charge < -0.3 is 24.8 Å². The van der Waals surface area contributed by atoms with Crippen molar-refractivity contribution in [1.29, 1.82) is 15.8 Å². The van der Waals surface area contributed by atoms with Crippen LogP contribution in [-0.4, -0.2) is 37.8 Å². The van der Waals surface area contributed by atoms with Gasteiger partial charge in [0.15, 0.2) is 16.9 Å². The van der Waals surface area contributed by atoms with Gasteiger partial charge in [0.1, 0.15) is 12.7 Å². The molecule has 0 saturated heterocycles. The van der Waals surface area contributed by atoms with Gasteiger partial charge in [0.05, 0.1) is 37.1 Å². The fourth-order valence-corrected chi connectivity index (χ4v) is 5.23. The Balaban J connectivity index is 1.77. The number of fused-ring (bicyclic) bond motifs is 1. The van der Waals surface area contributed by atoms with Gasteiger partial charge in [0.2, 0.25) is 0 Å². The molecular weight excluding hydrogens is 494 g/mol. The molecule has 2 aromatic carbocycles. The third-order valence-corrected chi connectivity index (χ3v) is 7.14. The summed E-state index contributed by atoms with van der Waals surface area (Å²) >= 11 is 0. The minimum absolute atomic E-state index is 0.0885. The molecule has 1 heterocycles. The molecule has 0 saturated carbocycles. The molecule has 2 unspecified atom stereocenters. The van der Waals surface area contributed by atoms with E-state index in [-0.39, 0.29) is 31.0 Å². The van der Waals surface area contributed by atoms with Crippen LogP contribution in [0.1, 0.15) is 30.4 Å². The molecule has 0 bridgehead atoms. The normalized spacial score (nSPS) is 19.5. The lowest BCUT2D eigenvalue weighted by Gasteiger charge is -2.45. The van der Waals surface area contributed by atoms with Crippen LogP contribution in [0.4, 0.5) is 4.79 Å². The van der Waals surface area contributed by atoms with Crippen LogP contribution in [0.2, 0.25) is 0 Å². The fourth-order valence-electron chi connectivity index (χ4n) is 5.23. The summed E-state index contributed by atoms with van der Waals surface area (Å²) < 4.78 is 16.9. The first kappa shape index (κ1) is 27.1. The van der Waals surface area contributed by atoms with Crippen LogP contribution in [0.5, 0.6) is 11.5 Å². The Morgan fingerprint density at radius 3 is 2.51 bits per heavy atom. The van der Waals surface area contributed by atoms with Crippen LogP contribution in [0, 0.1) is 45.3 Å². The van der Waals surface area contributed by atoms with Gasteiger partial charge in [-0.2, -0.15) is 15.8 Å². The minimum atomic E-state index is -1.85. The Morgan fingerprint density at radius 2 is 1.87 bits per heavy atom. The van der Waals surface area contributed by atoms with E-state index in [2.05, 4.69) is 18.2 Å². The number of amides is 1. The minimum Gasteiger partial charge on any atom is -0.493 e. The van der Waals surface area contributed by atoms with Crippen molar-refractivity contribution in [1.82, 2.24) is 4.90 Å². The second-order valence-corrected chi connectivity index (χ2v) is 9.38. The van der Waals surface area contributed by atoms with Gasteiger partial charge in [-0.25, -0.2) is 4.79 Å². The second-order valence-electron chi connectivity index (χ2n) is 9.38. The molecule has 2 aliphatic rings. The summed E-state index contributed by atoms with van der Waals surface area (Å²) in [6.45, 7) is 2.86. The molecule has 4 rings (SSSR count). The summed E-state index contributed by atoms with van der Waals surface area (Å²) in [6.07, 6.45) is 2.00. The number of nitriles is 3. The molecule has 2 N–H and O–H groups in total. The zero-order valence-electron chi connectivity index (χ0n) is 21.9. The van der Waals surface area contributed by atoms with Crippen molar-refractivity contribution in [3.8, 4) is 29.7 Å². The van der Waals surface area contributed by atoms with Gasteiger partial charge in [-0.1, -0.05) is 49.4 Å². The number of hydrogen-bond donors (Lipinski definition) is 1. The molecule has 198 valence electrons. The Bertz CT molecular complexity index is 1410. The standard InChI is InChI=1S/C30H29N5O4/c1-3-13-38-26-14-21(9-10-25(26)37-2)27-24-16-35(29(36)39-17-20-7-5-4-6-8-20)12-11-22(24)23(15-31)28(34)30(27,18-32)19-33/h4-11,14,24,27H,3,12-13,16-17,34H2,1-2H3. The topological polar surface area (TPSA) is 145 Å². The number of carbonyl (C=O) groups is 1. The van der Waals surface area contributed by atoms with Crippen molar-refractivity contribution in [3.05, 3.63) is 82.6 Å². The molecule has 0 radical (unpaired) electrons. The van der Waals surface area contributed by atoms with E-state index < -0.39 is 23.3 Å². The zero-order chi connectivity index (χ0) is 28.0. The number of allylic oxidation sites excluding steroid dienone is 2. The second kappa shape index (κ2) is 11.6. The lowest BCUT2D eigenvalue weighted by Crippen LogP contribution is -2.49. The quantitative estimate of drug-likeness (QED) is 0.556. The van der Waals surface area contributed by atoms with E-state index in [4.69, 9.17) is 19.9 Å². The lowest BCUT2D eigenvalue weighted by molar-refractivity contribution is 0.0898. The number of nitrogens with zero attached hydrogens (tertiary/aromatic N) is 4. The Morgan fingerprint density at radius 1 is 1.13 bits per heavy atom. The van der Waals surface area contributed by atoms with Crippen molar-refractivity contribution < 1.29 is 19.0 Å². The third kappa shape index (κ3) is 4.98. The fraction of sp³-hybridized carbons (Fsp3) is 0.333. The highest BCUT2D eigenvalue weighted by molar-refractivity contribution is 5.69. The average Bonchev–Trinajstić information content (AvgIpc) is 2.98. The van der Waals surface area contributed by atoms with Crippen molar-refractivity contribution in [2.24, 2.45) is 17.1 Å². The largest absolute Gasteiger partial charge is 0.493 e. The molecule has 0 fully saturated rings. The molecule has 2 aromatic rings. The molecule has 1 aliphatic heterocycles. The van der Waals surface area contributed by atoms with Crippen molar-refractivity contribution >= 4 is 6.09 Å². The van der Waals surface area contributed by atoms with E-state index in [1.54, 1.807) is 24.3 Å². The van der Waals surface area contributed by atoms with E-state index in [0.29, 0.717) is 29.2 Å². The molecule has 2 atom stereocenters. The zero-order valence-corrected chi connectivity index (χ0v) is 21.9. The lowest BCUT2D eigenvalue weighted by atomic mass is 9.58. The third-order valence-electron chi connectivity index (χ3n) is 7.14. The Kier molecular flexibility index (Phi) is 8.08. The number of ether oxygens (including phenoxy) is 3. The van der Waals surface area contributed by atoms with E-state index >= 15 is 0 Å². The maximum absolute atomic E-state index is 13.1. The number of rotatable bonds is 7. The van der Waals surface area contributed by atoms with Gasteiger partial charge >= 0.3 is 6.09 Å². The molecule has 9 nitrogen and oxygen atoms in total. The number of carbonyl (C=O) groups excluding carboxylic acids is 1. The molecule has 1 aliphatic carbocycles. The molecule has 39 heavy (non-hydrogen) atoms. The Labute approximate surface area is 227 Å². The van der Waals surface area contributed by atoms with E-state index in [1.807, 2.05) is 37.3 Å². The van der Waals surface area contributed by atoms with Gasteiger partial charge in [0.25, 0.3) is 0 Å². The van der Waals surface area contributed by atoms with Crippen molar-refractivity contribution in [2.75, 3.05) is 26.8 Å². The van der Waals surface area contributed by atoms with E-state index in [9.17, 15) is 20.6 Å². The molecular formula is C30H29N5O4. The van der Waals surface area contributed by atoms with Crippen LogP contribution in [0.3, 0.4) is 0 Å². The predicted octanol–water partition coefficient (Wildman–Crippen LogP) is 4.55. The maximum atomic E-state index is 13.1. The maximum Gasteiger partial charge on any atom is 0.410 e. The summed E-state index contributed by atoms with van der Waals surface area (Å²) in [5, 5.41) is 30.7. The number of hydrogen-bond acceptors (Lipinski definition) is 8. The number of nitrogens with two attached hydrogens (primary N) is 1. The van der Waals surface area contributed by atoms with Crippen LogP contribution >= 0.6 is 0 Å². The van der Waals surface area contributed by atoms with Crippen molar-refractivity contribution in [2.45, 2.75) is 25.9 Å². The molecule has 0 aromatic heterocycles. The molecule has 9 heteroatoms. The monoisotopic (exact) mass is 523 g/mol. The number of methoxy groups -OCH3 is 1. The summed E-state index contributed by atoms with van der Waals surface area (Å²) in [5.41, 5.74) is 6.66. The van der Waals surface area contributed by atoms with Crippen LogP contribution in [0.25, 0.3) is 0 Å². The Hall–Kier alpha value is -4.94. The summed E-state index contributed by atoms with van der Waals surface area (Å²) in [5.74, 6) is -0.392. The first-order valence-electron chi connectivity index (χ1n) is 12.6. The van der Waals surface area contributed by atoms with Crippen LogP contribution in [-0.2, 0) is 11.3 Å². The smallest absolute Gasteiger partial charge is 0.410 e. The predicted molar refractivity (Wildman–Crippen MR) is 142 cm³/mol. The molecule has 0 spiro atoms. The van der Waals surface area contributed by atoms with Gasteiger partial charge in [0, 0.05) is 24.9 Å². The highest BCUT2D eigenvalue weighted by Gasteiger charge is 2.55. The average molecular weight is 524 g/mol. The molecule has 1 amide bonds. The van der Waals surface area contributed by atoms with Gasteiger partial charge in [-0.05, 0) is 35.3 Å². The first-order valence-corrected chi connectivity index (χ1v) is 12.6. The SMILES string of the molecule is CCCOc1cc(C2C3CN(C(=O)OCc4ccccc4)CC=C3C(C#N)=C(N)C2(C#N)C#N)ccc1OC. The van der Waals surface area contributed by atoms with Crippen LogP contribution in [0.15, 0.2) is 71.5 Å². The highest BCUT2D eigenvalue weighted by Crippen LogP contribution is 2.55.